The lowest BCUT2D eigenvalue weighted by Gasteiger charge is -2.11. The molecule has 23 heavy (non-hydrogen) atoms. The molecule has 0 unspecified atom stereocenters. The van der Waals surface area contributed by atoms with E-state index in [1.54, 1.807) is 19.1 Å². The molecule has 0 saturated carbocycles. The average Bonchev–Trinajstić information content (AvgIpc) is 2.52. The van der Waals surface area contributed by atoms with E-state index in [1.165, 1.54) is 0 Å². The molecule has 7 heteroatoms. The van der Waals surface area contributed by atoms with Crippen LogP contribution in [0.1, 0.15) is 11.1 Å². The van der Waals surface area contributed by atoms with Gasteiger partial charge in [-0.1, -0.05) is 12.1 Å². The van der Waals surface area contributed by atoms with Crippen LogP contribution in [0.2, 0.25) is 0 Å². The number of anilines is 2. The minimum Gasteiger partial charge on any atom is -0.318 e. The van der Waals surface area contributed by atoms with Crippen molar-refractivity contribution in [3.63, 3.8) is 0 Å². The topological polar surface area (TPSA) is 58.2 Å². The molecule has 0 aliphatic heterocycles. The fourth-order valence-corrected chi connectivity index (χ4v) is 1.87. The molecule has 120 valence electrons. The number of carbonyl (C=O) groups excluding carboxylic acids is 2. The second-order valence-corrected chi connectivity index (χ2v) is 4.88. The van der Waals surface area contributed by atoms with Crippen LogP contribution in [0.3, 0.4) is 0 Å². The molecular weight excluding hydrogens is 309 g/mol. The minimum atomic E-state index is -1.72. The van der Waals surface area contributed by atoms with Crippen molar-refractivity contribution in [3.05, 3.63) is 58.9 Å². The third-order valence-electron chi connectivity index (χ3n) is 3.34. The molecule has 0 heterocycles. The summed E-state index contributed by atoms with van der Waals surface area (Å²) in [7, 11) is 0. The van der Waals surface area contributed by atoms with Gasteiger partial charge in [-0.25, -0.2) is 13.2 Å². The number of carbonyl (C=O) groups is 2. The first-order chi connectivity index (χ1) is 10.8. The van der Waals surface area contributed by atoms with E-state index in [9.17, 15) is 22.8 Å². The molecule has 0 saturated heterocycles. The Morgan fingerprint density at radius 3 is 2.09 bits per heavy atom. The third kappa shape index (κ3) is 3.50. The van der Waals surface area contributed by atoms with Crippen LogP contribution in [0.4, 0.5) is 24.5 Å². The van der Waals surface area contributed by atoms with E-state index in [0.717, 1.165) is 17.2 Å². The van der Waals surface area contributed by atoms with Crippen molar-refractivity contribution < 1.29 is 22.8 Å². The molecule has 0 aliphatic rings. The molecule has 2 amide bonds. The van der Waals surface area contributed by atoms with Crippen molar-refractivity contribution in [1.82, 2.24) is 0 Å². The van der Waals surface area contributed by atoms with E-state index in [0.29, 0.717) is 11.8 Å². The molecule has 4 nitrogen and oxygen atoms in total. The summed E-state index contributed by atoms with van der Waals surface area (Å²) in [5.41, 5.74) is 1.49. The van der Waals surface area contributed by atoms with Gasteiger partial charge in [-0.05, 0) is 43.2 Å². The van der Waals surface area contributed by atoms with Crippen molar-refractivity contribution in [2.75, 3.05) is 10.6 Å². The van der Waals surface area contributed by atoms with Crippen LogP contribution in [0.25, 0.3) is 0 Å². The highest BCUT2D eigenvalue weighted by molar-refractivity contribution is 6.43. The van der Waals surface area contributed by atoms with E-state index in [4.69, 9.17) is 0 Å². The summed E-state index contributed by atoms with van der Waals surface area (Å²) < 4.78 is 39.4. The first-order valence-corrected chi connectivity index (χ1v) is 6.63. The Kier molecular flexibility index (Phi) is 4.68. The first-order valence-electron chi connectivity index (χ1n) is 6.63. The third-order valence-corrected chi connectivity index (χ3v) is 3.34. The van der Waals surface area contributed by atoms with Gasteiger partial charge in [0.15, 0.2) is 17.5 Å². The molecule has 2 N–H and O–H groups in total. The summed E-state index contributed by atoms with van der Waals surface area (Å²) in [4.78, 5) is 23.6. The molecule has 0 aromatic heterocycles. The summed E-state index contributed by atoms with van der Waals surface area (Å²) in [5, 5.41) is 4.27. The molecule has 2 aromatic carbocycles. The largest absolute Gasteiger partial charge is 0.318 e. The highest BCUT2D eigenvalue weighted by atomic mass is 19.2. The van der Waals surface area contributed by atoms with Crippen LogP contribution < -0.4 is 10.6 Å². The van der Waals surface area contributed by atoms with Gasteiger partial charge in [-0.3, -0.25) is 9.59 Å². The number of aryl methyl sites for hydroxylation is 1. The standard InChI is InChI=1S/C16H13F3N2O2/c1-8-4-3-5-11(9(8)2)20-15(22)16(23)21-12-7-6-10(17)13(18)14(12)19/h3-7H,1-2H3,(H,20,22)(H,21,23). The number of rotatable bonds is 2. The molecule has 0 radical (unpaired) electrons. The lowest BCUT2D eigenvalue weighted by Crippen LogP contribution is -2.29. The maximum atomic E-state index is 13.5. The van der Waals surface area contributed by atoms with Crippen LogP contribution in [0, 0.1) is 31.3 Å². The van der Waals surface area contributed by atoms with Crippen LogP contribution in [0.5, 0.6) is 0 Å². The Labute approximate surface area is 130 Å². The van der Waals surface area contributed by atoms with Crippen LogP contribution in [-0.4, -0.2) is 11.8 Å². The number of hydrogen-bond acceptors (Lipinski definition) is 2. The Hall–Kier alpha value is -2.83. The average molecular weight is 322 g/mol. The molecule has 2 rings (SSSR count). The quantitative estimate of drug-likeness (QED) is 0.658. The first kappa shape index (κ1) is 16.5. The Balaban J connectivity index is 2.13. The van der Waals surface area contributed by atoms with Gasteiger partial charge in [0.2, 0.25) is 0 Å². The summed E-state index contributed by atoms with van der Waals surface area (Å²) >= 11 is 0. The van der Waals surface area contributed by atoms with Gasteiger partial charge in [0.25, 0.3) is 0 Å². The van der Waals surface area contributed by atoms with E-state index >= 15 is 0 Å². The van der Waals surface area contributed by atoms with E-state index in [2.05, 4.69) is 5.32 Å². The zero-order chi connectivity index (χ0) is 17.1. The highest BCUT2D eigenvalue weighted by Crippen LogP contribution is 2.20. The zero-order valence-electron chi connectivity index (χ0n) is 12.3. The number of halogens is 3. The molecular formula is C16H13F3N2O2. The summed E-state index contributed by atoms with van der Waals surface area (Å²) in [6.07, 6.45) is 0. The monoisotopic (exact) mass is 322 g/mol. The van der Waals surface area contributed by atoms with Gasteiger partial charge >= 0.3 is 11.8 Å². The van der Waals surface area contributed by atoms with Gasteiger partial charge in [0.05, 0.1) is 5.69 Å². The summed E-state index contributed by atoms with van der Waals surface area (Å²) in [6.45, 7) is 3.60. The fraction of sp³-hybridized carbons (Fsp3) is 0.125. The molecule has 2 aromatic rings. The van der Waals surface area contributed by atoms with Crippen molar-refractivity contribution in [3.8, 4) is 0 Å². The number of benzene rings is 2. The normalized spacial score (nSPS) is 10.3. The van der Waals surface area contributed by atoms with Crippen molar-refractivity contribution in [2.24, 2.45) is 0 Å². The summed E-state index contributed by atoms with van der Waals surface area (Å²) in [6, 6.07) is 6.62. The fourth-order valence-electron chi connectivity index (χ4n) is 1.87. The minimum absolute atomic E-state index is 0.427. The SMILES string of the molecule is Cc1cccc(NC(=O)C(=O)Nc2ccc(F)c(F)c2F)c1C. The molecule has 0 spiro atoms. The van der Waals surface area contributed by atoms with Gasteiger partial charge < -0.3 is 10.6 Å². The molecule has 0 fully saturated rings. The molecule has 0 aliphatic carbocycles. The molecule has 0 atom stereocenters. The van der Waals surface area contributed by atoms with Gasteiger partial charge in [-0.2, -0.15) is 0 Å². The Morgan fingerprint density at radius 1 is 0.826 bits per heavy atom. The lowest BCUT2D eigenvalue weighted by atomic mass is 10.1. The zero-order valence-corrected chi connectivity index (χ0v) is 12.3. The second kappa shape index (κ2) is 6.51. The van der Waals surface area contributed by atoms with Crippen LogP contribution in [0.15, 0.2) is 30.3 Å². The van der Waals surface area contributed by atoms with E-state index in [-0.39, 0.29) is 0 Å². The predicted molar refractivity (Wildman–Crippen MR) is 79.5 cm³/mol. The van der Waals surface area contributed by atoms with Crippen molar-refractivity contribution in [2.45, 2.75) is 13.8 Å². The second-order valence-electron chi connectivity index (χ2n) is 4.88. The van der Waals surface area contributed by atoms with E-state index in [1.807, 2.05) is 18.3 Å². The van der Waals surface area contributed by atoms with Gasteiger partial charge in [-0.15, -0.1) is 0 Å². The smallest absolute Gasteiger partial charge is 0.314 e. The maximum Gasteiger partial charge on any atom is 0.314 e. The Morgan fingerprint density at radius 2 is 1.43 bits per heavy atom. The van der Waals surface area contributed by atoms with Crippen LogP contribution >= 0.6 is 0 Å². The van der Waals surface area contributed by atoms with Crippen molar-refractivity contribution in [1.29, 1.82) is 0 Å². The number of nitrogens with one attached hydrogen (secondary N) is 2. The highest BCUT2D eigenvalue weighted by Gasteiger charge is 2.19. The van der Waals surface area contributed by atoms with Crippen molar-refractivity contribution >= 4 is 23.2 Å². The van der Waals surface area contributed by atoms with Gasteiger partial charge in [0, 0.05) is 5.69 Å². The number of hydrogen-bond donors (Lipinski definition) is 2. The molecule has 0 bridgehead atoms. The number of amides is 2. The van der Waals surface area contributed by atoms with E-state index < -0.39 is 35.0 Å². The van der Waals surface area contributed by atoms with Crippen LogP contribution in [-0.2, 0) is 9.59 Å². The predicted octanol–water partition coefficient (Wildman–Crippen LogP) is 3.30. The maximum absolute atomic E-state index is 13.5. The Bertz CT molecular complexity index is 791. The lowest BCUT2D eigenvalue weighted by molar-refractivity contribution is -0.133. The van der Waals surface area contributed by atoms with Gasteiger partial charge in [0.1, 0.15) is 0 Å². The summed E-state index contributed by atoms with van der Waals surface area (Å²) in [5.74, 6) is -6.94.